The Balaban J connectivity index is 2.17. The second kappa shape index (κ2) is 6.28. The van der Waals surface area contributed by atoms with Gasteiger partial charge in [-0.1, -0.05) is 55.0 Å². The van der Waals surface area contributed by atoms with Crippen LogP contribution in [0.5, 0.6) is 0 Å². The summed E-state index contributed by atoms with van der Waals surface area (Å²) in [6.45, 7) is 6.23. The zero-order valence-corrected chi connectivity index (χ0v) is 13.9. The van der Waals surface area contributed by atoms with E-state index in [1.54, 1.807) is 4.68 Å². The van der Waals surface area contributed by atoms with Gasteiger partial charge in [-0.15, -0.1) is 5.10 Å². The molecule has 3 rings (SSSR count). The molecule has 0 aliphatic rings. The standard InChI is InChI=1S/C19H19N3O2/c1-12(2)14-7-9-16(10-8-14)22-18(17(19(23)24)20-21-22)15-6-4-5-13(3)11-15/h4-12H,1-3H3,(H,23,24). The smallest absolute Gasteiger partial charge is 0.358 e. The van der Waals surface area contributed by atoms with Crippen molar-refractivity contribution in [3.63, 3.8) is 0 Å². The molecular formula is C19H19N3O2. The van der Waals surface area contributed by atoms with Crippen molar-refractivity contribution in [1.82, 2.24) is 15.0 Å². The number of carboxylic acid groups (broad SMARTS) is 1. The van der Waals surface area contributed by atoms with E-state index in [9.17, 15) is 9.90 Å². The van der Waals surface area contributed by atoms with E-state index in [0.29, 0.717) is 11.6 Å². The van der Waals surface area contributed by atoms with Crippen LogP contribution in [0.2, 0.25) is 0 Å². The third-order valence-electron chi connectivity index (χ3n) is 3.97. The Morgan fingerprint density at radius 1 is 1.12 bits per heavy atom. The number of carboxylic acids is 1. The fraction of sp³-hybridized carbons (Fsp3) is 0.211. The lowest BCUT2D eigenvalue weighted by Crippen LogP contribution is -2.03. The van der Waals surface area contributed by atoms with E-state index in [4.69, 9.17) is 0 Å². The highest BCUT2D eigenvalue weighted by Crippen LogP contribution is 2.27. The highest BCUT2D eigenvalue weighted by molar-refractivity contribution is 5.93. The molecule has 1 heterocycles. The second-order valence-electron chi connectivity index (χ2n) is 6.12. The Labute approximate surface area is 140 Å². The van der Waals surface area contributed by atoms with E-state index < -0.39 is 5.97 Å². The van der Waals surface area contributed by atoms with Gasteiger partial charge in [0.05, 0.1) is 5.69 Å². The number of aryl methyl sites for hydroxylation is 1. The van der Waals surface area contributed by atoms with E-state index in [2.05, 4.69) is 24.2 Å². The summed E-state index contributed by atoms with van der Waals surface area (Å²) in [5, 5.41) is 17.4. The van der Waals surface area contributed by atoms with Crippen molar-refractivity contribution in [3.8, 4) is 16.9 Å². The zero-order chi connectivity index (χ0) is 17.3. The predicted octanol–water partition coefficient (Wildman–Crippen LogP) is 4.06. The van der Waals surface area contributed by atoms with Gasteiger partial charge in [-0.05, 0) is 36.6 Å². The molecule has 0 aliphatic carbocycles. The number of benzene rings is 2. The van der Waals surface area contributed by atoms with Crippen molar-refractivity contribution in [2.75, 3.05) is 0 Å². The molecule has 1 N–H and O–H groups in total. The van der Waals surface area contributed by atoms with Crippen molar-refractivity contribution < 1.29 is 9.90 Å². The maximum absolute atomic E-state index is 11.6. The SMILES string of the molecule is Cc1cccc(-c2c(C(=O)O)nnn2-c2ccc(C(C)C)cc2)c1. The molecule has 0 unspecified atom stereocenters. The Morgan fingerprint density at radius 3 is 2.42 bits per heavy atom. The second-order valence-corrected chi connectivity index (χ2v) is 6.12. The summed E-state index contributed by atoms with van der Waals surface area (Å²) in [5.74, 6) is -0.655. The first-order chi connectivity index (χ1) is 11.5. The summed E-state index contributed by atoms with van der Waals surface area (Å²) >= 11 is 0. The predicted molar refractivity (Wildman–Crippen MR) is 92.6 cm³/mol. The molecule has 122 valence electrons. The molecule has 5 heteroatoms. The minimum atomic E-state index is -1.09. The number of hydrogen-bond acceptors (Lipinski definition) is 3. The highest BCUT2D eigenvalue weighted by Gasteiger charge is 2.21. The van der Waals surface area contributed by atoms with E-state index in [1.165, 1.54) is 5.56 Å². The highest BCUT2D eigenvalue weighted by atomic mass is 16.4. The summed E-state index contributed by atoms with van der Waals surface area (Å²) in [7, 11) is 0. The van der Waals surface area contributed by atoms with Crippen LogP contribution in [0.1, 0.15) is 41.4 Å². The van der Waals surface area contributed by atoms with Crippen molar-refractivity contribution in [1.29, 1.82) is 0 Å². The molecule has 0 bridgehead atoms. The molecule has 3 aromatic rings. The number of nitrogens with zero attached hydrogens (tertiary/aromatic N) is 3. The molecule has 0 radical (unpaired) electrons. The van der Waals surface area contributed by atoms with Gasteiger partial charge in [0, 0.05) is 5.56 Å². The van der Waals surface area contributed by atoms with Crippen LogP contribution in [0.4, 0.5) is 0 Å². The zero-order valence-electron chi connectivity index (χ0n) is 13.9. The molecule has 0 aliphatic heterocycles. The minimum Gasteiger partial charge on any atom is -0.476 e. The number of rotatable bonds is 4. The molecule has 24 heavy (non-hydrogen) atoms. The Hall–Kier alpha value is -2.95. The quantitative estimate of drug-likeness (QED) is 0.786. The van der Waals surface area contributed by atoms with Crippen LogP contribution in [0.3, 0.4) is 0 Å². The van der Waals surface area contributed by atoms with Crippen molar-refractivity contribution in [3.05, 3.63) is 65.4 Å². The van der Waals surface area contributed by atoms with Crippen LogP contribution in [0.15, 0.2) is 48.5 Å². The van der Waals surface area contributed by atoms with Gasteiger partial charge >= 0.3 is 5.97 Å². The molecule has 0 spiro atoms. The van der Waals surface area contributed by atoms with Gasteiger partial charge in [0.25, 0.3) is 0 Å². The van der Waals surface area contributed by atoms with Crippen LogP contribution in [0.25, 0.3) is 16.9 Å². The maximum Gasteiger partial charge on any atom is 0.358 e. The third-order valence-corrected chi connectivity index (χ3v) is 3.97. The summed E-state index contributed by atoms with van der Waals surface area (Å²) < 4.78 is 1.59. The lowest BCUT2D eigenvalue weighted by Gasteiger charge is -2.10. The lowest BCUT2D eigenvalue weighted by molar-refractivity contribution is 0.0691. The van der Waals surface area contributed by atoms with Crippen molar-refractivity contribution in [2.45, 2.75) is 26.7 Å². The number of aromatic carboxylic acids is 1. The van der Waals surface area contributed by atoms with Gasteiger partial charge in [0.2, 0.25) is 0 Å². The first-order valence-electron chi connectivity index (χ1n) is 7.83. The van der Waals surface area contributed by atoms with E-state index in [-0.39, 0.29) is 5.69 Å². The molecular weight excluding hydrogens is 302 g/mol. The number of hydrogen-bond donors (Lipinski definition) is 1. The lowest BCUT2D eigenvalue weighted by atomic mass is 10.0. The fourth-order valence-corrected chi connectivity index (χ4v) is 2.66. The van der Waals surface area contributed by atoms with Crippen LogP contribution in [0, 0.1) is 6.92 Å². The summed E-state index contributed by atoms with van der Waals surface area (Å²) in [6, 6.07) is 15.6. The average molecular weight is 321 g/mol. The van der Waals surface area contributed by atoms with Gasteiger partial charge in [-0.2, -0.15) is 0 Å². The van der Waals surface area contributed by atoms with Crippen LogP contribution in [-0.4, -0.2) is 26.1 Å². The van der Waals surface area contributed by atoms with Crippen LogP contribution < -0.4 is 0 Å². The van der Waals surface area contributed by atoms with Crippen molar-refractivity contribution >= 4 is 5.97 Å². The van der Waals surface area contributed by atoms with Gasteiger partial charge in [0.1, 0.15) is 5.69 Å². The molecule has 0 fully saturated rings. The van der Waals surface area contributed by atoms with Crippen LogP contribution >= 0.6 is 0 Å². The topological polar surface area (TPSA) is 68.0 Å². The molecule has 0 saturated carbocycles. The largest absolute Gasteiger partial charge is 0.476 e. The average Bonchev–Trinajstić information content (AvgIpc) is 3.00. The number of aromatic nitrogens is 3. The Bertz CT molecular complexity index is 880. The minimum absolute atomic E-state index is 0.0477. The molecule has 0 atom stereocenters. The fourth-order valence-electron chi connectivity index (χ4n) is 2.66. The van der Waals surface area contributed by atoms with Gasteiger partial charge < -0.3 is 5.11 Å². The van der Waals surface area contributed by atoms with E-state index >= 15 is 0 Å². The van der Waals surface area contributed by atoms with Crippen LogP contribution in [-0.2, 0) is 0 Å². The molecule has 2 aromatic carbocycles. The van der Waals surface area contributed by atoms with E-state index in [1.807, 2.05) is 55.5 Å². The van der Waals surface area contributed by atoms with E-state index in [0.717, 1.165) is 16.8 Å². The normalized spacial score (nSPS) is 11.0. The third kappa shape index (κ3) is 2.93. The maximum atomic E-state index is 11.6. The Morgan fingerprint density at radius 2 is 1.83 bits per heavy atom. The molecule has 0 saturated heterocycles. The molecule has 1 aromatic heterocycles. The summed E-state index contributed by atoms with van der Waals surface area (Å²) in [4.78, 5) is 11.6. The number of carbonyl (C=O) groups is 1. The summed E-state index contributed by atoms with van der Waals surface area (Å²) in [5.41, 5.74) is 4.28. The van der Waals surface area contributed by atoms with Crippen molar-refractivity contribution in [2.24, 2.45) is 0 Å². The first kappa shape index (κ1) is 15.9. The van der Waals surface area contributed by atoms with Gasteiger partial charge in [0.15, 0.2) is 5.69 Å². The van der Waals surface area contributed by atoms with Gasteiger partial charge in [-0.25, -0.2) is 9.48 Å². The monoisotopic (exact) mass is 321 g/mol. The first-order valence-corrected chi connectivity index (χ1v) is 7.83. The Kier molecular flexibility index (Phi) is 4.16. The van der Waals surface area contributed by atoms with Gasteiger partial charge in [-0.3, -0.25) is 0 Å². The summed E-state index contributed by atoms with van der Waals surface area (Å²) in [6.07, 6.45) is 0. The molecule has 0 amide bonds. The molecule has 5 nitrogen and oxygen atoms in total.